The van der Waals surface area contributed by atoms with Gasteiger partial charge < -0.3 is 15.2 Å². The first kappa shape index (κ1) is 20.5. The van der Waals surface area contributed by atoms with Crippen LogP contribution in [-0.2, 0) is 16.7 Å². The summed E-state index contributed by atoms with van der Waals surface area (Å²) in [5, 5.41) is 0. The van der Waals surface area contributed by atoms with Crippen LogP contribution in [-0.4, -0.2) is 17.6 Å². The van der Waals surface area contributed by atoms with Gasteiger partial charge in [0.25, 0.3) is 6.02 Å². The molecule has 0 bridgehead atoms. The Kier molecular flexibility index (Phi) is 4.69. The van der Waals surface area contributed by atoms with Crippen LogP contribution >= 0.6 is 0 Å². The maximum Gasteiger partial charge on any atom is 0.283 e. The zero-order chi connectivity index (χ0) is 22.5. The fourth-order valence-electron chi connectivity index (χ4n) is 4.30. The lowest BCUT2D eigenvalue weighted by atomic mass is 9.79. The van der Waals surface area contributed by atoms with Gasteiger partial charge in [-0.2, -0.15) is 4.39 Å². The van der Waals surface area contributed by atoms with Crippen molar-refractivity contribution in [2.45, 2.75) is 39.2 Å². The van der Waals surface area contributed by atoms with Gasteiger partial charge in [-0.25, -0.2) is 9.98 Å². The average Bonchev–Trinajstić information content (AvgIpc) is 3.15. The molecule has 1 aromatic heterocycles. The first-order valence-corrected chi connectivity index (χ1v) is 10.8. The van der Waals surface area contributed by atoms with Crippen molar-refractivity contribution in [2.24, 2.45) is 16.1 Å². The topological polar surface area (TPSA) is 69.7 Å². The van der Waals surface area contributed by atoms with E-state index in [1.807, 2.05) is 24.3 Å². The van der Waals surface area contributed by atoms with Gasteiger partial charge in [0.05, 0.1) is 0 Å². The van der Waals surface area contributed by atoms with Crippen molar-refractivity contribution in [2.75, 3.05) is 6.61 Å². The number of aryl methyl sites for hydroxylation is 1. The number of hydrogen-bond donors (Lipinski definition) is 1. The molecule has 164 valence electrons. The number of hydrogen-bond acceptors (Lipinski definition) is 5. The van der Waals surface area contributed by atoms with Crippen LogP contribution in [0.3, 0.4) is 0 Å². The summed E-state index contributed by atoms with van der Waals surface area (Å²) in [6.07, 6.45) is 3.55. The lowest BCUT2D eigenvalue weighted by molar-refractivity contribution is 0.264. The van der Waals surface area contributed by atoms with Gasteiger partial charge in [0.1, 0.15) is 18.1 Å². The molecule has 0 radical (unpaired) electrons. The monoisotopic (exact) mass is 431 g/mol. The summed E-state index contributed by atoms with van der Waals surface area (Å²) in [6, 6.07) is 15.4. The molecule has 3 aromatic rings. The standard InChI is InChI=1S/C26H26FN3O2/c1-25(2,3)11-10-16-4-7-21-19(12-16)26(15-31-24(28)30-26)20-13-17(5-8-22(20)32-21)18-6-9-23(27)29-14-18/h4-9,12-14H,10-11,15H2,1-3H3,(H2,28,30)/t26-/m1/s1. The van der Waals surface area contributed by atoms with Gasteiger partial charge in [0.2, 0.25) is 5.95 Å². The predicted octanol–water partition coefficient (Wildman–Crippen LogP) is 5.56. The lowest BCUT2D eigenvalue weighted by Gasteiger charge is -2.34. The van der Waals surface area contributed by atoms with E-state index in [1.165, 1.54) is 17.8 Å². The number of aromatic nitrogens is 1. The first-order chi connectivity index (χ1) is 15.2. The van der Waals surface area contributed by atoms with Gasteiger partial charge in [-0.15, -0.1) is 0 Å². The van der Waals surface area contributed by atoms with Gasteiger partial charge in [-0.3, -0.25) is 0 Å². The van der Waals surface area contributed by atoms with E-state index >= 15 is 0 Å². The summed E-state index contributed by atoms with van der Waals surface area (Å²) in [6.45, 7) is 7.03. The van der Waals surface area contributed by atoms with Crippen molar-refractivity contribution in [3.63, 3.8) is 0 Å². The number of ether oxygens (including phenoxy) is 2. The van der Waals surface area contributed by atoms with Crippen molar-refractivity contribution in [1.29, 1.82) is 0 Å². The highest BCUT2D eigenvalue weighted by Gasteiger charge is 2.47. The Balaban J connectivity index is 1.62. The molecule has 2 N–H and O–H groups in total. The third kappa shape index (κ3) is 3.60. The normalized spacial score (nSPS) is 19.1. The molecule has 2 aliphatic rings. The molecule has 2 aliphatic heterocycles. The molecule has 5 rings (SSSR count). The number of aliphatic imine (C=N–C) groups is 1. The molecule has 0 saturated heterocycles. The number of benzene rings is 2. The van der Waals surface area contributed by atoms with E-state index in [1.54, 1.807) is 6.07 Å². The maximum absolute atomic E-state index is 13.3. The molecule has 0 amide bonds. The summed E-state index contributed by atoms with van der Waals surface area (Å²) in [7, 11) is 0. The Bertz CT molecular complexity index is 1210. The zero-order valence-electron chi connectivity index (χ0n) is 18.5. The molecule has 1 spiro atoms. The highest BCUT2D eigenvalue weighted by molar-refractivity contribution is 5.78. The Hall–Kier alpha value is -3.41. The molecule has 0 fully saturated rings. The number of amidine groups is 1. The highest BCUT2D eigenvalue weighted by atomic mass is 19.1. The molecular formula is C26H26FN3O2. The summed E-state index contributed by atoms with van der Waals surface area (Å²) in [5.41, 5.74) is 10.2. The van der Waals surface area contributed by atoms with E-state index in [4.69, 9.17) is 20.2 Å². The van der Waals surface area contributed by atoms with Gasteiger partial charge in [0.15, 0.2) is 5.54 Å². The van der Waals surface area contributed by atoms with Crippen LogP contribution in [0.4, 0.5) is 4.39 Å². The quantitative estimate of drug-likeness (QED) is 0.551. The first-order valence-electron chi connectivity index (χ1n) is 10.8. The van der Waals surface area contributed by atoms with Crippen LogP contribution in [0.15, 0.2) is 59.7 Å². The lowest BCUT2D eigenvalue weighted by Crippen LogP contribution is -2.31. The van der Waals surface area contributed by atoms with E-state index in [0.29, 0.717) is 12.4 Å². The summed E-state index contributed by atoms with van der Waals surface area (Å²) >= 11 is 0. The fourth-order valence-corrected chi connectivity index (χ4v) is 4.30. The number of halogens is 1. The second-order valence-electron chi connectivity index (χ2n) is 9.67. The van der Waals surface area contributed by atoms with Crippen LogP contribution in [0, 0.1) is 11.4 Å². The van der Waals surface area contributed by atoms with Crippen molar-refractivity contribution >= 4 is 6.02 Å². The van der Waals surface area contributed by atoms with Crippen LogP contribution in [0.25, 0.3) is 11.1 Å². The Morgan fingerprint density at radius 1 is 1.00 bits per heavy atom. The maximum atomic E-state index is 13.3. The predicted molar refractivity (Wildman–Crippen MR) is 122 cm³/mol. The Morgan fingerprint density at radius 3 is 2.38 bits per heavy atom. The van der Waals surface area contributed by atoms with Crippen LogP contribution < -0.4 is 10.5 Å². The SMILES string of the molecule is CC(C)(C)CCc1ccc2c(c1)[C@]1(COC(N)=N1)c1cc(-c3ccc(F)nc3)ccc1O2. The van der Waals surface area contributed by atoms with Crippen LogP contribution in [0.1, 0.15) is 43.9 Å². The summed E-state index contributed by atoms with van der Waals surface area (Å²) in [5.74, 6) is 0.959. The minimum Gasteiger partial charge on any atom is -0.462 e. The van der Waals surface area contributed by atoms with Crippen molar-refractivity contribution < 1.29 is 13.9 Å². The minimum atomic E-state index is -0.784. The van der Waals surface area contributed by atoms with Crippen molar-refractivity contribution in [3.05, 3.63) is 77.4 Å². The smallest absolute Gasteiger partial charge is 0.283 e. The van der Waals surface area contributed by atoms with E-state index in [0.717, 1.165) is 40.8 Å². The van der Waals surface area contributed by atoms with Gasteiger partial charge in [0, 0.05) is 22.9 Å². The molecule has 32 heavy (non-hydrogen) atoms. The number of rotatable bonds is 3. The largest absolute Gasteiger partial charge is 0.462 e. The van der Waals surface area contributed by atoms with Gasteiger partial charge in [-0.05, 0) is 65.8 Å². The Morgan fingerprint density at radius 2 is 1.72 bits per heavy atom. The average molecular weight is 432 g/mol. The minimum absolute atomic E-state index is 0.165. The summed E-state index contributed by atoms with van der Waals surface area (Å²) < 4.78 is 25.3. The molecule has 0 aliphatic carbocycles. The number of pyridine rings is 1. The molecule has 0 saturated carbocycles. The zero-order valence-corrected chi connectivity index (χ0v) is 18.5. The van der Waals surface area contributed by atoms with Gasteiger partial charge >= 0.3 is 0 Å². The van der Waals surface area contributed by atoms with E-state index < -0.39 is 11.5 Å². The second kappa shape index (κ2) is 7.33. The molecule has 3 heterocycles. The molecule has 2 aromatic carbocycles. The van der Waals surface area contributed by atoms with Crippen molar-refractivity contribution in [1.82, 2.24) is 4.98 Å². The van der Waals surface area contributed by atoms with E-state index in [-0.39, 0.29) is 11.4 Å². The number of nitrogens with two attached hydrogens (primary N) is 1. The van der Waals surface area contributed by atoms with Gasteiger partial charge in [-0.1, -0.05) is 32.9 Å². The molecule has 0 unspecified atom stereocenters. The third-order valence-electron chi connectivity index (χ3n) is 6.09. The molecular weight excluding hydrogens is 405 g/mol. The molecule has 6 heteroatoms. The Labute approximate surface area is 187 Å². The summed E-state index contributed by atoms with van der Waals surface area (Å²) in [4.78, 5) is 8.56. The molecule has 1 atom stereocenters. The number of fused-ring (bicyclic) bond motifs is 4. The third-order valence-corrected chi connectivity index (χ3v) is 6.09. The number of nitrogens with zero attached hydrogens (tertiary/aromatic N) is 2. The highest BCUT2D eigenvalue weighted by Crippen LogP contribution is 2.52. The van der Waals surface area contributed by atoms with Crippen LogP contribution in [0.2, 0.25) is 0 Å². The van der Waals surface area contributed by atoms with Crippen molar-refractivity contribution in [3.8, 4) is 22.6 Å². The van der Waals surface area contributed by atoms with E-state index in [2.05, 4.69) is 37.9 Å². The van der Waals surface area contributed by atoms with E-state index in [9.17, 15) is 4.39 Å². The fraction of sp³-hybridized carbons (Fsp3) is 0.308. The second-order valence-corrected chi connectivity index (χ2v) is 9.67. The molecule has 5 nitrogen and oxygen atoms in total. The van der Waals surface area contributed by atoms with Crippen LogP contribution in [0.5, 0.6) is 11.5 Å².